The van der Waals surface area contributed by atoms with Gasteiger partial charge in [-0.25, -0.2) is 19.7 Å². The highest BCUT2D eigenvalue weighted by Gasteiger charge is 2.10. The zero-order chi connectivity index (χ0) is 18.7. The van der Waals surface area contributed by atoms with Gasteiger partial charge in [0.15, 0.2) is 11.5 Å². The minimum Gasteiger partial charge on any atom is -0.338 e. The van der Waals surface area contributed by atoms with E-state index in [9.17, 15) is 4.79 Å². The van der Waals surface area contributed by atoms with Crippen LogP contribution in [0.3, 0.4) is 0 Å². The summed E-state index contributed by atoms with van der Waals surface area (Å²) in [5.74, 6) is 0.753. The Morgan fingerprint density at radius 2 is 1.77 bits per heavy atom. The third kappa shape index (κ3) is 4.24. The van der Waals surface area contributed by atoms with Crippen LogP contribution in [0.2, 0.25) is 15.1 Å². The predicted octanol–water partition coefficient (Wildman–Crippen LogP) is 4.87. The molecule has 10 heteroatoms. The lowest BCUT2D eigenvalue weighted by molar-refractivity contribution is 0.252. The Bertz CT molecular complexity index is 958. The number of amides is 2. The first-order valence-electron chi connectivity index (χ1n) is 7.56. The van der Waals surface area contributed by atoms with Gasteiger partial charge in [-0.15, -0.1) is 0 Å². The maximum Gasteiger partial charge on any atom is 0.320 e. The van der Waals surface area contributed by atoms with Crippen molar-refractivity contribution in [3.8, 4) is 0 Å². The molecule has 2 amide bonds. The molecule has 0 bridgehead atoms. The number of nitrogens with one attached hydrogen (secondary N) is 3. The van der Waals surface area contributed by atoms with Crippen LogP contribution >= 0.6 is 34.8 Å². The Hall–Kier alpha value is -2.35. The van der Waals surface area contributed by atoms with Crippen LogP contribution in [0, 0.1) is 0 Å². The smallest absolute Gasteiger partial charge is 0.320 e. The second-order valence-electron chi connectivity index (χ2n) is 5.15. The topological polar surface area (TPSA) is 91.8 Å². The summed E-state index contributed by atoms with van der Waals surface area (Å²) in [4.78, 5) is 24.6. The van der Waals surface area contributed by atoms with E-state index in [2.05, 4.69) is 30.9 Å². The molecule has 7 nitrogen and oxygen atoms in total. The van der Waals surface area contributed by atoms with Crippen molar-refractivity contribution in [3.05, 3.63) is 45.5 Å². The van der Waals surface area contributed by atoms with Crippen molar-refractivity contribution in [2.45, 2.75) is 6.92 Å². The van der Waals surface area contributed by atoms with Crippen molar-refractivity contribution in [1.29, 1.82) is 0 Å². The van der Waals surface area contributed by atoms with E-state index in [1.54, 1.807) is 24.3 Å². The van der Waals surface area contributed by atoms with Crippen molar-refractivity contribution in [1.82, 2.24) is 20.3 Å². The van der Waals surface area contributed by atoms with Crippen LogP contribution in [0.15, 0.2) is 30.5 Å². The number of hydrogen-bond acceptors (Lipinski definition) is 5. The molecule has 3 rings (SSSR count). The number of carbonyl (C=O) groups excluding carboxylic acids is 1. The van der Waals surface area contributed by atoms with Crippen molar-refractivity contribution >= 4 is 69.3 Å². The Morgan fingerprint density at radius 3 is 2.46 bits per heavy atom. The first kappa shape index (κ1) is 18.4. The van der Waals surface area contributed by atoms with E-state index in [0.29, 0.717) is 50.1 Å². The Kier molecular flexibility index (Phi) is 5.61. The molecule has 1 aromatic carbocycles. The number of anilines is 3. The number of fused-ring (bicyclic) bond motifs is 1. The fraction of sp³-hybridized carbons (Fsp3) is 0.125. The highest BCUT2D eigenvalue weighted by atomic mass is 35.5. The minimum absolute atomic E-state index is 0.346. The molecule has 2 aromatic heterocycles. The van der Waals surface area contributed by atoms with Gasteiger partial charge in [-0.3, -0.25) is 5.32 Å². The minimum atomic E-state index is -0.346. The standard InChI is InChI=1S/C16H13Cl3N6O/c1-2-20-16(26)25-12-4-3-11-15(23-12)24-13(7-21-11)22-14-9(18)5-8(17)6-10(14)19/h3-7H,2H2,1H3,(H3,20,22,23,24,25,26). The second-order valence-corrected chi connectivity index (χ2v) is 6.40. The number of hydrogen-bond donors (Lipinski definition) is 3. The average Bonchev–Trinajstić information content (AvgIpc) is 2.58. The highest BCUT2D eigenvalue weighted by molar-refractivity contribution is 6.41. The van der Waals surface area contributed by atoms with Crippen molar-refractivity contribution in [2.75, 3.05) is 17.2 Å². The second kappa shape index (κ2) is 7.90. The van der Waals surface area contributed by atoms with Gasteiger partial charge in [0.1, 0.15) is 11.3 Å². The summed E-state index contributed by atoms with van der Waals surface area (Å²) in [5, 5.41) is 9.38. The average molecular weight is 412 g/mol. The lowest BCUT2D eigenvalue weighted by Crippen LogP contribution is -2.28. The van der Waals surface area contributed by atoms with Gasteiger partial charge >= 0.3 is 6.03 Å². The van der Waals surface area contributed by atoms with Gasteiger partial charge in [-0.05, 0) is 31.2 Å². The number of aromatic nitrogens is 3. The number of pyridine rings is 1. The van der Waals surface area contributed by atoms with E-state index < -0.39 is 0 Å². The summed E-state index contributed by atoms with van der Waals surface area (Å²) in [6, 6.07) is 6.15. The van der Waals surface area contributed by atoms with E-state index >= 15 is 0 Å². The number of benzene rings is 1. The van der Waals surface area contributed by atoms with Gasteiger partial charge < -0.3 is 10.6 Å². The van der Waals surface area contributed by atoms with Crippen LogP contribution in [0.25, 0.3) is 11.2 Å². The number of carbonyl (C=O) groups is 1. The molecule has 0 aliphatic carbocycles. The van der Waals surface area contributed by atoms with Gasteiger partial charge in [-0.2, -0.15) is 0 Å². The van der Waals surface area contributed by atoms with E-state index in [1.807, 2.05) is 6.92 Å². The molecular weight excluding hydrogens is 399 g/mol. The maximum absolute atomic E-state index is 11.6. The molecule has 0 atom stereocenters. The van der Waals surface area contributed by atoms with Crippen LogP contribution in [-0.2, 0) is 0 Å². The van der Waals surface area contributed by atoms with Gasteiger partial charge in [-0.1, -0.05) is 34.8 Å². The van der Waals surface area contributed by atoms with Gasteiger partial charge in [0.05, 0.1) is 21.9 Å². The van der Waals surface area contributed by atoms with E-state index in [0.717, 1.165) is 0 Å². The van der Waals surface area contributed by atoms with Crippen molar-refractivity contribution in [2.24, 2.45) is 0 Å². The van der Waals surface area contributed by atoms with Crippen LogP contribution < -0.4 is 16.0 Å². The van der Waals surface area contributed by atoms with Crippen LogP contribution in [0.4, 0.5) is 22.1 Å². The summed E-state index contributed by atoms with van der Waals surface area (Å²) in [7, 11) is 0. The Labute approximate surface area is 164 Å². The molecule has 0 aliphatic rings. The van der Waals surface area contributed by atoms with E-state index in [4.69, 9.17) is 34.8 Å². The molecule has 0 saturated carbocycles. The summed E-state index contributed by atoms with van der Waals surface area (Å²) in [6.07, 6.45) is 1.53. The molecule has 2 heterocycles. The molecule has 3 aromatic rings. The first-order valence-corrected chi connectivity index (χ1v) is 8.70. The van der Waals surface area contributed by atoms with Crippen LogP contribution in [0.1, 0.15) is 6.92 Å². The molecule has 3 N–H and O–H groups in total. The van der Waals surface area contributed by atoms with Crippen molar-refractivity contribution in [3.63, 3.8) is 0 Å². The predicted molar refractivity (Wildman–Crippen MR) is 105 cm³/mol. The van der Waals surface area contributed by atoms with E-state index in [-0.39, 0.29) is 6.03 Å². The summed E-state index contributed by atoms with van der Waals surface area (Å²) >= 11 is 18.2. The Balaban J connectivity index is 1.89. The molecule has 0 radical (unpaired) electrons. The molecule has 0 unspecified atom stereocenters. The molecule has 0 spiro atoms. The normalized spacial score (nSPS) is 10.6. The van der Waals surface area contributed by atoms with Gasteiger partial charge in [0.25, 0.3) is 0 Å². The van der Waals surface area contributed by atoms with Gasteiger partial charge in [0.2, 0.25) is 0 Å². The molecule has 134 valence electrons. The summed E-state index contributed by atoms with van der Waals surface area (Å²) in [5.41, 5.74) is 1.39. The molecular formula is C16H13Cl3N6O. The largest absolute Gasteiger partial charge is 0.338 e. The quantitative estimate of drug-likeness (QED) is 0.569. The van der Waals surface area contributed by atoms with Crippen LogP contribution in [0.5, 0.6) is 0 Å². The number of urea groups is 1. The molecule has 26 heavy (non-hydrogen) atoms. The molecule has 0 aliphatic heterocycles. The summed E-state index contributed by atoms with van der Waals surface area (Å²) < 4.78 is 0. The first-order chi connectivity index (χ1) is 12.5. The third-order valence-electron chi connectivity index (χ3n) is 3.25. The molecule has 0 fully saturated rings. The number of halogens is 3. The monoisotopic (exact) mass is 410 g/mol. The number of rotatable bonds is 4. The highest BCUT2D eigenvalue weighted by Crippen LogP contribution is 2.35. The van der Waals surface area contributed by atoms with Crippen LogP contribution in [-0.4, -0.2) is 27.5 Å². The molecule has 0 saturated heterocycles. The maximum atomic E-state index is 11.6. The summed E-state index contributed by atoms with van der Waals surface area (Å²) in [6.45, 7) is 2.33. The van der Waals surface area contributed by atoms with Crippen molar-refractivity contribution < 1.29 is 4.79 Å². The zero-order valence-electron chi connectivity index (χ0n) is 13.5. The fourth-order valence-electron chi connectivity index (χ4n) is 2.14. The third-order valence-corrected chi connectivity index (χ3v) is 4.06. The SMILES string of the molecule is CCNC(=O)Nc1ccc2ncc(Nc3c(Cl)cc(Cl)cc3Cl)nc2n1. The fourth-order valence-corrected chi connectivity index (χ4v) is 3.05. The Morgan fingerprint density at radius 1 is 1.08 bits per heavy atom. The zero-order valence-corrected chi connectivity index (χ0v) is 15.7. The number of nitrogens with zero attached hydrogens (tertiary/aromatic N) is 3. The van der Waals surface area contributed by atoms with E-state index in [1.165, 1.54) is 6.20 Å². The van der Waals surface area contributed by atoms with Gasteiger partial charge in [0, 0.05) is 11.6 Å². The lowest BCUT2D eigenvalue weighted by Gasteiger charge is -2.11. The lowest BCUT2D eigenvalue weighted by atomic mass is 10.3.